The maximum Gasteiger partial charge on any atom is 0.327 e. The molecule has 2 aliphatic heterocycles. The molecule has 1 saturated heterocycles. The van der Waals surface area contributed by atoms with Crippen molar-refractivity contribution in [1.82, 2.24) is 15.2 Å². The van der Waals surface area contributed by atoms with Gasteiger partial charge in [0.1, 0.15) is 5.84 Å². The molecule has 2 aliphatic rings. The first-order valence-corrected chi connectivity index (χ1v) is 4.22. The van der Waals surface area contributed by atoms with Crippen molar-refractivity contribution in [3.63, 3.8) is 0 Å². The number of hydrogen-bond donors (Lipinski definition) is 2. The second kappa shape index (κ2) is 2.88. The highest BCUT2D eigenvalue weighted by molar-refractivity contribution is 5.99. The smallest absolute Gasteiger partial charge is 0.327 e. The van der Waals surface area contributed by atoms with Gasteiger partial charge in [-0.05, 0) is 0 Å². The number of hydrazone groups is 1. The number of aliphatic hydroxyl groups is 1. The summed E-state index contributed by atoms with van der Waals surface area (Å²) in [4.78, 5) is 14.3. The lowest BCUT2D eigenvalue weighted by atomic mass is 10.3. The number of nitrogens with one attached hydrogen (secondary N) is 1. The molecule has 72 valence electrons. The summed E-state index contributed by atoms with van der Waals surface area (Å²) >= 11 is 0. The van der Waals surface area contributed by atoms with E-state index < -0.39 is 6.23 Å². The van der Waals surface area contributed by atoms with Crippen LogP contribution in [0.2, 0.25) is 0 Å². The summed E-state index contributed by atoms with van der Waals surface area (Å²) in [6, 6.07) is -0.185. The highest BCUT2D eigenvalue weighted by Crippen LogP contribution is 2.15. The van der Waals surface area contributed by atoms with Crippen molar-refractivity contribution in [2.75, 3.05) is 20.1 Å². The summed E-state index contributed by atoms with van der Waals surface area (Å²) < 4.78 is 0. The molecule has 2 heterocycles. The maximum atomic E-state index is 11.5. The van der Waals surface area contributed by atoms with Crippen LogP contribution in [-0.4, -0.2) is 53.1 Å². The molecule has 1 fully saturated rings. The molecule has 6 heteroatoms. The second-order valence-electron chi connectivity index (χ2n) is 3.20. The molecule has 0 aliphatic carbocycles. The molecule has 0 saturated carbocycles. The third kappa shape index (κ3) is 1.23. The summed E-state index contributed by atoms with van der Waals surface area (Å²) in [6.45, 7) is 1.08. The normalized spacial score (nSPS) is 28.0. The minimum atomic E-state index is -0.754. The number of likely N-dealkylation sites (N-methyl/N-ethyl adjacent to an activating group) is 1. The lowest BCUT2D eigenvalue weighted by molar-refractivity contribution is 0.103. The number of carbonyl (C=O) groups is 1. The third-order valence-corrected chi connectivity index (χ3v) is 2.21. The Morgan fingerprint density at radius 2 is 2.46 bits per heavy atom. The minimum absolute atomic E-state index is 0.185. The molecule has 0 aromatic carbocycles. The summed E-state index contributed by atoms with van der Waals surface area (Å²) in [5.74, 6) is 0.627. The molecule has 0 aromatic rings. The van der Waals surface area contributed by atoms with Crippen LogP contribution >= 0.6 is 0 Å². The van der Waals surface area contributed by atoms with Crippen molar-refractivity contribution in [3.8, 4) is 0 Å². The van der Waals surface area contributed by atoms with Crippen LogP contribution in [0.1, 0.15) is 6.42 Å². The molecule has 6 nitrogen and oxygen atoms in total. The van der Waals surface area contributed by atoms with Crippen molar-refractivity contribution in [1.29, 1.82) is 0 Å². The number of amidine groups is 1. The average molecular weight is 184 g/mol. The molecule has 1 unspecified atom stereocenters. The Hall–Kier alpha value is -1.30. The van der Waals surface area contributed by atoms with E-state index in [0.29, 0.717) is 18.8 Å². The van der Waals surface area contributed by atoms with Gasteiger partial charge in [0.25, 0.3) is 0 Å². The van der Waals surface area contributed by atoms with Gasteiger partial charge in [-0.25, -0.2) is 4.79 Å². The number of carbonyl (C=O) groups excluding carboxylic acids is 1. The summed E-state index contributed by atoms with van der Waals surface area (Å²) in [7, 11) is 1.66. The second-order valence-corrected chi connectivity index (χ2v) is 3.20. The van der Waals surface area contributed by atoms with Gasteiger partial charge in [0, 0.05) is 20.0 Å². The van der Waals surface area contributed by atoms with Gasteiger partial charge < -0.3 is 15.4 Å². The van der Waals surface area contributed by atoms with E-state index >= 15 is 0 Å². The van der Waals surface area contributed by atoms with Crippen molar-refractivity contribution in [2.24, 2.45) is 5.10 Å². The Bertz CT molecular complexity index is 265. The monoisotopic (exact) mass is 184 g/mol. The molecule has 0 bridgehead atoms. The number of rotatable bonds is 0. The van der Waals surface area contributed by atoms with E-state index in [2.05, 4.69) is 10.5 Å². The number of nitrogens with zero attached hydrogens (tertiary/aromatic N) is 3. The Kier molecular flexibility index (Phi) is 1.84. The van der Waals surface area contributed by atoms with Gasteiger partial charge in [-0.1, -0.05) is 0 Å². The molecule has 13 heavy (non-hydrogen) atoms. The summed E-state index contributed by atoms with van der Waals surface area (Å²) in [5.41, 5.74) is 2.77. The van der Waals surface area contributed by atoms with Gasteiger partial charge >= 0.3 is 6.03 Å². The fourth-order valence-corrected chi connectivity index (χ4v) is 1.54. The van der Waals surface area contributed by atoms with Crippen molar-refractivity contribution in [2.45, 2.75) is 12.6 Å². The van der Waals surface area contributed by atoms with E-state index in [-0.39, 0.29) is 6.03 Å². The summed E-state index contributed by atoms with van der Waals surface area (Å²) in [6.07, 6.45) is -0.0625. The van der Waals surface area contributed by atoms with Gasteiger partial charge in [-0.2, -0.15) is 5.10 Å². The SMILES string of the molecule is CN1CC(O)N(C2=NNCC2)C1=O. The molecular formula is C7H12N4O2. The number of amides is 2. The van der Waals surface area contributed by atoms with E-state index in [1.54, 1.807) is 7.05 Å². The Morgan fingerprint density at radius 1 is 1.69 bits per heavy atom. The van der Waals surface area contributed by atoms with Crippen LogP contribution in [0.25, 0.3) is 0 Å². The fourth-order valence-electron chi connectivity index (χ4n) is 1.54. The lowest BCUT2D eigenvalue weighted by Crippen LogP contribution is -2.39. The van der Waals surface area contributed by atoms with Crippen LogP contribution in [-0.2, 0) is 0 Å². The quantitative estimate of drug-likeness (QED) is 0.506. The Labute approximate surface area is 75.8 Å². The number of urea groups is 1. The van der Waals surface area contributed by atoms with Gasteiger partial charge in [-0.15, -0.1) is 0 Å². The van der Waals surface area contributed by atoms with Crippen molar-refractivity contribution < 1.29 is 9.90 Å². The first kappa shape index (κ1) is 8.31. The Balaban J connectivity index is 2.18. The van der Waals surface area contributed by atoms with Crippen LogP contribution in [0.4, 0.5) is 4.79 Å². The zero-order valence-corrected chi connectivity index (χ0v) is 7.40. The number of hydrogen-bond acceptors (Lipinski definition) is 4. The zero-order valence-electron chi connectivity index (χ0n) is 7.40. The van der Waals surface area contributed by atoms with E-state index in [4.69, 9.17) is 0 Å². The van der Waals surface area contributed by atoms with E-state index in [1.165, 1.54) is 9.80 Å². The van der Waals surface area contributed by atoms with E-state index in [0.717, 1.165) is 6.54 Å². The third-order valence-electron chi connectivity index (χ3n) is 2.21. The molecule has 0 radical (unpaired) electrons. The van der Waals surface area contributed by atoms with Gasteiger partial charge in [0.2, 0.25) is 0 Å². The predicted molar refractivity (Wildman–Crippen MR) is 45.9 cm³/mol. The molecule has 2 amide bonds. The van der Waals surface area contributed by atoms with Crippen LogP contribution in [0.3, 0.4) is 0 Å². The van der Waals surface area contributed by atoms with Crippen LogP contribution < -0.4 is 5.43 Å². The lowest BCUT2D eigenvalue weighted by Gasteiger charge is -2.17. The van der Waals surface area contributed by atoms with Gasteiger partial charge in [0.05, 0.1) is 6.54 Å². The van der Waals surface area contributed by atoms with Crippen molar-refractivity contribution in [3.05, 3.63) is 0 Å². The van der Waals surface area contributed by atoms with E-state index in [1.807, 2.05) is 0 Å². The summed E-state index contributed by atoms with van der Waals surface area (Å²) in [5, 5.41) is 13.5. The highest BCUT2D eigenvalue weighted by atomic mass is 16.3. The number of aliphatic hydroxyl groups excluding tert-OH is 1. The largest absolute Gasteiger partial charge is 0.371 e. The van der Waals surface area contributed by atoms with Gasteiger partial charge in [0.15, 0.2) is 6.23 Å². The average Bonchev–Trinajstić information content (AvgIpc) is 2.63. The molecule has 0 aromatic heterocycles. The van der Waals surface area contributed by atoms with Crippen LogP contribution in [0.15, 0.2) is 5.10 Å². The zero-order chi connectivity index (χ0) is 9.42. The van der Waals surface area contributed by atoms with Crippen LogP contribution in [0.5, 0.6) is 0 Å². The van der Waals surface area contributed by atoms with Gasteiger partial charge in [-0.3, -0.25) is 4.90 Å². The van der Waals surface area contributed by atoms with Crippen LogP contribution in [0, 0.1) is 0 Å². The number of β-amino-alcohol motifs (C(OH)–C–C–N with tert-alkyl or cyclic N) is 1. The molecule has 0 spiro atoms. The van der Waals surface area contributed by atoms with Crippen molar-refractivity contribution >= 4 is 11.9 Å². The first-order valence-electron chi connectivity index (χ1n) is 4.22. The molecule has 2 rings (SSSR count). The predicted octanol–water partition coefficient (Wildman–Crippen LogP) is -1.02. The molecular weight excluding hydrogens is 172 g/mol. The first-order chi connectivity index (χ1) is 6.20. The molecule has 1 atom stereocenters. The molecule has 2 N–H and O–H groups in total. The minimum Gasteiger partial charge on any atom is -0.371 e. The van der Waals surface area contributed by atoms with E-state index in [9.17, 15) is 9.90 Å². The fraction of sp³-hybridized carbons (Fsp3) is 0.714. The maximum absolute atomic E-state index is 11.5. The topological polar surface area (TPSA) is 68.2 Å². The Morgan fingerprint density at radius 3 is 2.92 bits per heavy atom. The highest BCUT2D eigenvalue weighted by Gasteiger charge is 2.37. The standard InChI is InChI=1S/C7H12N4O2/c1-10-4-6(12)11(7(10)13)5-2-3-8-9-5/h6,8,12H,2-4H2,1H3.